The quantitative estimate of drug-likeness (QED) is 0.841. The minimum atomic E-state index is 0.170. The Morgan fingerprint density at radius 2 is 2.04 bits per heavy atom. The molecule has 1 amide bonds. The number of carbonyl (C=O) groups excluding carboxylic acids is 1. The zero-order valence-electron chi connectivity index (χ0n) is 15.6. The fourth-order valence-corrected chi connectivity index (χ4v) is 3.99. The van der Waals surface area contributed by atoms with Crippen LogP contribution in [0.5, 0.6) is 0 Å². The topological polar surface area (TPSA) is 46.1 Å². The molecular formula is C22H25N3O. The zero-order chi connectivity index (χ0) is 18.1. The summed E-state index contributed by atoms with van der Waals surface area (Å²) < 4.78 is 0. The highest BCUT2D eigenvalue weighted by molar-refractivity contribution is 5.96. The van der Waals surface area contributed by atoms with Gasteiger partial charge in [0.05, 0.1) is 5.69 Å². The molecule has 4 nitrogen and oxygen atoms in total. The highest BCUT2D eigenvalue weighted by atomic mass is 16.2. The summed E-state index contributed by atoms with van der Waals surface area (Å²) in [5.41, 5.74) is 6.69. The van der Waals surface area contributed by atoms with E-state index in [9.17, 15) is 4.79 Å². The first-order valence-corrected chi connectivity index (χ1v) is 9.63. The van der Waals surface area contributed by atoms with Crippen LogP contribution in [0, 0.1) is 6.92 Å². The fourth-order valence-electron chi connectivity index (χ4n) is 3.99. The number of fused-ring (bicyclic) bond motifs is 1. The molecule has 134 valence electrons. The molecule has 1 saturated heterocycles. The summed E-state index contributed by atoms with van der Waals surface area (Å²) in [6.07, 6.45) is 9.36. The Kier molecular flexibility index (Phi) is 4.58. The molecule has 1 fully saturated rings. The van der Waals surface area contributed by atoms with Crippen LogP contribution < -0.4 is 0 Å². The lowest BCUT2D eigenvalue weighted by molar-refractivity contribution is 0.0792. The first kappa shape index (κ1) is 17.0. The summed E-state index contributed by atoms with van der Waals surface area (Å²) in [5, 5.41) is 0. The van der Waals surface area contributed by atoms with Gasteiger partial charge in [0.2, 0.25) is 0 Å². The summed E-state index contributed by atoms with van der Waals surface area (Å²) in [5.74, 6) is 0.971. The second-order valence-corrected chi connectivity index (χ2v) is 7.23. The average molecular weight is 347 g/mol. The van der Waals surface area contributed by atoms with Gasteiger partial charge in [-0.25, -0.2) is 9.97 Å². The summed E-state index contributed by atoms with van der Waals surface area (Å²) in [4.78, 5) is 23.8. The molecule has 2 heterocycles. The number of rotatable bonds is 4. The largest absolute Gasteiger partial charge is 0.339 e. The third-order valence-corrected chi connectivity index (χ3v) is 5.32. The average Bonchev–Trinajstić information content (AvgIpc) is 3.32. The molecule has 1 aliphatic carbocycles. The van der Waals surface area contributed by atoms with Gasteiger partial charge < -0.3 is 4.90 Å². The summed E-state index contributed by atoms with van der Waals surface area (Å²) in [7, 11) is 0. The molecule has 2 aliphatic rings. The molecule has 0 N–H and O–H groups in total. The van der Waals surface area contributed by atoms with Crippen molar-refractivity contribution in [3.05, 3.63) is 64.2 Å². The van der Waals surface area contributed by atoms with Crippen LogP contribution in [0.25, 0.3) is 5.57 Å². The molecule has 0 unspecified atom stereocenters. The number of likely N-dealkylation sites (tertiary alicyclic amines) is 1. The number of hydrogen-bond donors (Lipinski definition) is 0. The Morgan fingerprint density at radius 1 is 1.23 bits per heavy atom. The highest BCUT2D eigenvalue weighted by Crippen LogP contribution is 2.34. The first-order chi connectivity index (χ1) is 12.7. The van der Waals surface area contributed by atoms with E-state index in [2.05, 4.69) is 30.1 Å². The van der Waals surface area contributed by atoms with Crippen molar-refractivity contribution in [1.29, 1.82) is 0 Å². The smallest absolute Gasteiger partial charge is 0.253 e. The lowest BCUT2D eigenvalue weighted by Crippen LogP contribution is -2.27. The molecule has 2 aromatic rings. The molecule has 0 atom stereocenters. The van der Waals surface area contributed by atoms with E-state index in [1.165, 1.54) is 22.3 Å². The first-order valence-electron chi connectivity index (χ1n) is 9.63. The number of benzene rings is 1. The van der Waals surface area contributed by atoms with E-state index < -0.39 is 0 Å². The SMILES string of the molecule is CCCc1cnc(C)nc1C1=CCc2cc(C(=O)N3CCCC3)ccc21. The van der Waals surface area contributed by atoms with Crippen molar-refractivity contribution in [2.24, 2.45) is 0 Å². The van der Waals surface area contributed by atoms with Crippen molar-refractivity contribution >= 4 is 11.5 Å². The molecule has 1 aliphatic heterocycles. The van der Waals surface area contributed by atoms with Crippen molar-refractivity contribution in [3.63, 3.8) is 0 Å². The minimum Gasteiger partial charge on any atom is -0.339 e. The van der Waals surface area contributed by atoms with Gasteiger partial charge in [0.15, 0.2) is 0 Å². The molecule has 0 saturated carbocycles. The van der Waals surface area contributed by atoms with Gasteiger partial charge in [0.25, 0.3) is 5.91 Å². The molecule has 4 heteroatoms. The minimum absolute atomic E-state index is 0.170. The molecule has 0 spiro atoms. The Balaban J connectivity index is 1.66. The van der Waals surface area contributed by atoms with E-state index in [1.54, 1.807) is 0 Å². The maximum Gasteiger partial charge on any atom is 0.253 e. The van der Waals surface area contributed by atoms with Crippen LogP contribution >= 0.6 is 0 Å². The third-order valence-electron chi connectivity index (χ3n) is 5.32. The molecule has 0 bridgehead atoms. The van der Waals surface area contributed by atoms with Crippen molar-refractivity contribution in [2.45, 2.75) is 46.0 Å². The third kappa shape index (κ3) is 3.05. The van der Waals surface area contributed by atoms with Gasteiger partial charge in [-0.2, -0.15) is 0 Å². The van der Waals surface area contributed by atoms with Crippen molar-refractivity contribution in [2.75, 3.05) is 13.1 Å². The van der Waals surface area contributed by atoms with Gasteiger partial charge in [-0.15, -0.1) is 0 Å². The van der Waals surface area contributed by atoms with Gasteiger partial charge in [0.1, 0.15) is 5.82 Å². The number of aryl methyl sites for hydroxylation is 2. The van der Waals surface area contributed by atoms with E-state index in [0.717, 1.165) is 62.3 Å². The van der Waals surface area contributed by atoms with E-state index in [4.69, 9.17) is 4.98 Å². The second-order valence-electron chi connectivity index (χ2n) is 7.23. The molecule has 26 heavy (non-hydrogen) atoms. The number of hydrogen-bond acceptors (Lipinski definition) is 3. The van der Waals surface area contributed by atoms with Crippen LogP contribution in [0.3, 0.4) is 0 Å². The molecule has 1 aromatic heterocycles. The summed E-state index contributed by atoms with van der Waals surface area (Å²) >= 11 is 0. The number of allylic oxidation sites excluding steroid dienone is 1. The lowest BCUT2D eigenvalue weighted by atomic mass is 9.97. The fraction of sp³-hybridized carbons (Fsp3) is 0.409. The highest BCUT2D eigenvalue weighted by Gasteiger charge is 2.23. The molecule has 0 radical (unpaired) electrons. The monoisotopic (exact) mass is 347 g/mol. The molecular weight excluding hydrogens is 322 g/mol. The van der Waals surface area contributed by atoms with Gasteiger partial charge in [0, 0.05) is 30.4 Å². The lowest BCUT2D eigenvalue weighted by Gasteiger charge is -2.16. The zero-order valence-corrected chi connectivity index (χ0v) is 15.6. The van der Waals surface area contributed by atoms with Crippen LogP contribution in [0.1, 0.15) is 64.8 Å². The predicted octanol–water partition coefficient (Wildman–Crippen LogP) is 3.96. The maximum atomic E-state index is 12.7. The van der Waals surface area contributed by atoms with Crippen molar-refractivity contribution in [1.82, 2.24) is 14.9 Å². The number of aromatic nitrogens is 2. The van der Waals surface area contributed by atoms with Crippen molar-refractivity contribution in [3.8, 4) is 0 Å². The van der Waals surface area contributed by atoms with Gasteiger partial charge >= 0.3 is 0 Å². The van der Waals surface area contributed by atoms with Crippen LogP contribution in [0.15, 0.2) is 30.5 Å². The van der Waals surface area contributed by atoms with E-state index in [1.807, 2.05) is 24.1 Å². The van der Waals surface area contributed by atoms with Gasteiger partial charge in [-0.05, 0) is 61.4 Å². The Bertz CT molecular complexity index is 879. The second kappa shape index (κ2) is 7.02. The standard InChI is InChI=1S/C22H25N3O/c1-3-6-18-14-23-15(2)24-21(18)20-10-7-16-13-17(8-9-19(16)20)22(26)25-11-4-5-12-25/h8-10,13-14H,3-7,11-12H2,1-2H3. The van der Waals surface area contributed by atoms with Crippen LogP contribution in [0.4, 0.5) is 0 Å². The Labute approximate surface area is 155 Å². The van der Waals surface area contributed by atoms with E-state index >= 15 is 0 Å². The van der Waals surface area contributed by atoms with E-state index in [0.29, 0.717) is 0 Å². The van der Waals surface area contributed by atoms with E-state index in [-0.39, 0.29) is 5.91 Å². The maximum absolute atomic E-state index is 12.7. The van der Waals surface area contributed by atoms with Crippen LogP contribution in [-0.4, -0.2) is 33.9 Å². The van der Waals surface area contributed by atoms with Crippen molar-refractivity contribution < 1.29 is 4.79 Å². The van der Waals surface area contributed by atoms with Crippen LogP contribution in [-0.2, 0) is 12.8 Å². The normalized spacial score (nSPS) is 15.9. The number of amides is 1. The van der Waals surface area contributed by atoms with Gasteiger partial charge in [-0.3, -0.25) is 4.79 Å². The number of nitrogens with zero attached hydrogens (tertiary/aromatic N) is 3. The van der Waals surface area contributed by atoms with Gasteiger partial charge in [-0.1, -0.05) is 25.5 Å². The predicted molar refractivity (Wildman–Crippen MR) is 103 cm³/mol. The summed E-state index contributed by atoms with van der Waals surface area (Å²) in [6, 6.07) is 6.16. The molecule has 4 rings (SSSR count). The number of carbonyl (C=O) groups is 1. The Morgan fingerprint density at radius 3 is 2.81 bits per heavy atom. The Hall–Kier alpha value is -2.49. The molecule has 1 aromatic carbocycles. The van der Waals surface area contributed by atoms with Crippen LogP contribution in [0.2, 0.25) is 0 Å². The summed E-state index contributed by atoms with van der Waals surface area (Å²) in [6.45, 7) is 5.89.